The molecule has 2 fully saturated rings. The Bertz CT molecular complexity index is 226. The van der Waals surface area contributed by atoms with E-state index >= 15 is 0 Å². The molecule has 2 aliphatic heterocycles. The van der Waals surface area contributed by atoms with Gasteiger partial charge in [-0.3, -0.25) is 4.79 Å². The van der Waals surface area contributed by atoms with E-state index in [2.05, 4.69) is 15.5 Å². The van der Waals surface area contributed by atoms with Gasteiger partial charge in [-0.25, -0.2) is 0 Å². The molecule has 0 aromatic heterocycles. The number of carbonyl (C=O) groups is 1. The van der Waals surface area contributed by atoms with Gasteiger partial charge in [0.15, 0.2) is 0 Å². The van der Waals surface area contributed by atoms with Gasteiger partial charge in [0.1, 0.15) is 0 Å². The molecule has 15 heavy (non-hydrogen) atoms. The van der Waals surface area contributed by atoms with Crippen LogP contribution in [0.15, 0.2) is 0 Å². The van der Waals surface area contributed by atoms with Crippen LogP contribution in [0, 0.1) is 11.8 Å². The molecule has 0 bridgehead atoms. The van der Waals surface area contributed by atoms with Gasteiger partial charge in [0.05, 0.1) is 5.92 Å². The summed E-state index contributed by atoms with van der Waals surface area (Å²) in [6.07, 6.45) is 2.42. The summed E-state index contributed by atoms with van der Waals surface area (Å²) in [5, 5.41) is 6.36. The standard InChI is InChI=1S/C11H21N3O/c1-12-5-9-3-2-4-14(8-9)11(15)10-6-13-7-10/h9-10,12-13H,2-8H2,1H3. The Kier molecular flexibility index (Phi) is 3.59. The first-order chi connectivity index (χ1) is 7.31. The molecule has 2 saturated heterocycles. The maximum absolute atomic E-state index is 12.0. The Morgan fingerprint density at radius 1 is 1.53 bits per heavy atom. The minimum absolute atomic E-state index is 0.262. The van der Waals surface area contributed by atoms with Gasteiger partial charge < -0.3 is 15.5 Å². The Morgan fingerprint density at radius 3 is 2.93 bits per heavy atom. The van der Waals surface area contributed by atoms with Crippen molar-refractivity contribution in [1.82, 2.24) is 15.5 Å². The van der Waals surface area contributed by atoms with E-state index in [1.165, 1.54) is 6.42 Å². The Balaban J connectivity index is 1.83. The summed E-state index contributed by atoms with van der Waals surface area (Å²) in [4.78, 5) is 14.1. The third-order valence-electron chi connectivity index (χ3n) is 3.45. The highest BCUT2D eigenvalue weighted by molar-refractivity contribution is 5.80. The highest BCUT2D eigenvalue weighted by Gasteiger charge is 2.31. The molecule has 0 radical (unpaired) electrons. The quantitative estimate of drug-likeness (QED) is 0.671. The zero-order valence-electron chi connectivity index (χ0n) is 9.46. The lowest BCUT2D eigenvalue weighted by atomic mass is 9.95. The Morgan fingerprint density at radius 2 is 2.33 bits per heavy atom. The van der Waals surface area contributed by atoms with Crippen molar-refractivity contribution in [2.75, 3.05) is 39.8 Å². The Hall–Kier alpha value is -0.610. The number of piperidine rings is 1. The molecule has 86 valence electrons. The molecule has 0 aliphatic carbocycles. The van der Waals surface area contributed by atoms with Gasteiger partial charge in [0, 0.05) is 26.2 Å². The maximum Gasteiger partial charge on any atom is 0.228 e. The van der Waals surface area contributed by atoms with E-state index in [0.717, 1.165) is 39.1 Å². The third kappa shape index (κ3) is 2.49. The molecule has 2 heterocycles. The van der Waals surface area contributed by atoms with E-state index in [9.17, 15) is 4.79 Å². The molecule has 2 N–H and O–H groups in total. The summed E-state index contributed by atoms with van der Waals surface area (Å²) in [6, 6.07) is 0. The number of amides is 1. The lowest BCUT2D eigenvalue weighted by molar-refractivity contribution is -0.138. The number of nitrogens with zero attached hydrogens (tertiary/aromatic N) is 1. The maximum atomic E-state index is 12.0. The minimum atomic E-state index is 0.262. The van der Waals surface area contributed by atoms with E-state index in [4.69, 9.17) is 0 Å². The second-order valence-corrected chi connectivity index (χ2v) is 4.71. The van der Waals surface area contributed by atoms with Crippen LogP contribution in [-0.4, -0.2) is 50.6 Å². The molecule has 0 spiro atoms. The predicted octanol–water partition coefficient (Wildman–Crippen LogP) is -0.336. The van der Waals surface area contributed by atoms with Crippen molar-refractivity contribution in [2.45, 2.75) is 12.8 Å². The van der Waals surface area contributed by atoms with Crippen LogP contribution in [0.4, 0.5) is 0 Å². The zero-order valence-corrected chi connectivity index (χ0v) is 9.46. The van der Waals surface area contributed by atoms with Crippen LogP contribution in [-0.2, 0) is 4.79 Å². The molecule has 2 aliphatic rings. The number of rotatable bonds is 3. The molecule has 0 aromatic carbocycles. The van der Waals surface area contributed by atoms with Crippen molar-refractivity contribution in [2.24, 2.45) is 11.8 Å². The summed E-state index contributed by atoms with van der Waals surface area (Å²) in [5.74, 6) is 1.29. The van der Waals surface area contributed by atoms with Gasteiger partial charge in [0.2, 0.25) is 5.91 Å². The number of carbonyl (C=O) groups excluding carboxylic acids is 1. The number of nitrogens with one attached hydrogen (secondary N) is 2. The third-order valence-corrected chi connectivity index (χ3v) is 3.45. The van der Waals surface area contributed by atoms with Crippen molar-refractivity contribution in [3.8, 4) is 0 Å². The SMILES string of the molecule is CNCC1CCCN(C(=O)C2CNC2)C1. The first-order valence-corrected chi connectivity index (χ1v) is 5.95. The fraction of sp³-hybridized carbons (Fsp3) is 0.909. The van der Waals surface area contributed by atoms with E-state index < -0.39 is 0 Å². The Labute approximate surface area is 91.4 Å². The van der Waals surface area contributed by atoms with E-state index in [1.54, 1.807) is 0 Å². The first kappa shape index (κ1) is 10.9. The highest BCUT2D eigenvalue weighted by Crippen LogP contribution is 2.18. The average molecular weight is 211 g/mol. The fourth-order valence-corrected chi connectivity index (χ4v) is 2.44. The van der Waals surface area contributed by atoms with Gasteiger partial charge >= 0.3 is 0 Å². The fourth-order valence-electron chi connectivity index (χ4n) is 2.44. The van der Waals surface area contributed by atoms with Crippen LogP contribution < -0.4 is 10.6 Å². The van der Waals surface area contributed by atoms with Crippen LogP contribution in [0.2, 0.25) is 0 Å². The highest BCUT2D eigenvalue weighted by atomic mass is 16.2. The summed E-state index contributed by atoms with van der Waals surface area (Å²) >= 11 is 0. The summed E-state index contributed by atoms with van der Waals surface area (Å²) in [6.45, 7) is 4.72. The van der Waals surface area contributed by atoms with Gasteiger partial charge in [-0.05, 0) is 32.4 Å². The molecule has 4 heteroatoms. The van der Waals surface area contributed by atoms with E-state index in [1.807, 2.05) is 7.05 Å². The monoisotopic (exact) mass is 211 g/mol. The van der Waals surface area contributed by atoms with Crippen molar-refractivity contribution in [3.05, 3.63) is 0 Å². The van der Waals surface area contributed by atoms with Gasteiger partial charge in [-0.1, -0.05) is 0 Å². The lowest BCUT2D eigenvalue weighted by Crippen LogP contribution is -2.54. The molecule has 0 aromatic rings. The van der Waals surface area contributed by atoms with Crippen LogP contribution in [0.5, 0.6) is 0 Å². The van der Waals surface area contributed by atoms with Crippen LogP contribution >= 0.6 is 0 Å². The van der Waals surface area contributed by atoms with Crippen molar-refractivity contribution >= 4 is 5.91 Å². The number of hydrogen-bond donors (Lipinski definition) is 2. The van der Waals surface area contributed by atoms with Gasteiger partial charge in [0.25, 0.3) is 0 Å². The molecular formula is C11H21N3O. The lowest BCUT2D eigenvalue weighted by Gasteiger charge is -2.37. The zero-order chi connectivity index (χ0) is 10.7. The first-order valence-electron chi connectivity index (χ1n) is 5.95. The number of hydrogen-bond acceptors (Lipinski definition) is 3. The minimum Gasteiger partial charge on any atom is -0.342 e. The molecule has 1 unspecified atom stereocenters. The number of likely N-dealkylation sites (tertiary alicyclic amines) is 1. The molecule has 1 atom stereocenters. The molecule has 0 saturated carbocycles. The summed E-state index contributed by atoms with van der Waals surface area (Å²) < 4.78 is 0. The molecule has 2 rings (SSSR count). The van der Waals surface area contributed by atoms with E-state index in [-0.39, 0.29) is 5.92 Å². The topological polar surface area (TPSA) is 44.4 Å². The van der Waals surface area contributed by atoms with Gasteiger partial charge in [-0.15, -0.1) is 0 Å². The van der Waals surface area contributed by atoms with Crippen LogP contribution in [0.3, 0.4) is 0 Å². The van der Waals surface area contributed by atoms with Gasteiger partial charge in [-0.2, -0.15) is 0 Å². The van der Waals surface area contributed by atoms with Crippen molar-refractivity contribution < 1.29 is 4.79 Å². The second-order valence-electron chi connectivity index (χ2n) is 4.71. The average Bonchev–Trinajstić information content (AvgIpc) is 2.16. The molecule has 1 amide bonds. The normalized spacial score (nSPS) is 27.5. The molecule has 4 nitrogen and oxygen atoms in total. The summed E-state index contributed by atoms with van der Waals surface area (Å²) in [7, 11) is 1.98. The largest absolute Gasteiger partial charge is 0.342 e. The predicted molar refractivity (Wildman–Crippen MR) is 59.6 cm³/mol. The second kappa shape index (κ2) is 4.94. The summed E-state index contributed by atoms with van der Waals surface area (Å²) in [5.41, 5.74) is 0. The van der Waals surface area contributed by atoms with Crippen LogP contribution in [0.25, 0.3) is 0 Å². The molecular weight excluding hydrogens is 190 g/mol. The van der Waals surface area contributed by atoms with E-state index in [0.29, 0.717) is 11.8 Å². The van der Waals surface area contributed by atoms with Crippen molar-refractivity contribution in [3.63, 3.8) is 0 Å². The van der Waals surface area contributed by atoms with Crippen LogP contribution in [0.1, 0.15) is 12.8 Å². The smallest absolute Gasteiger partial charge is 0.228 e. The van der Waals surface area contributed by atoms with Crippen molar-refractivity contribution in [1.29, 1.82) is 0 Å².